The molecule has 21 heavy (non-hydrogen) atoms. The van der Waals surface area contributed by atoms with Crippen LogP contribution in [0.3, 0.4) is 0 Å². The Kier molecular flexibility index (Phi) is 3.65. The van der Waals surface area contributed by atoms with Crippen molar-refractivity contribution in [3.63, 3.8) is 0 Å². The van der Waals surface area contributed by atoms with Crippen LogP contribution in [-0.2, 0) is 0 Å². The number of hydrazine groups is 1. The fourth-order valence-electron chi connectivity index (χ4n) is 2.49. The molecule has 1 atom stereocenters. The van der Waals surface area contributed by atoms with Gasteiger partial charge in [-0.2, -0.15) is 24.7 Å². The van der Waals surface area contributed by atoms with Gasteiger partial charge in [0.15, 0.2) is 0 Å². The number of anilines is 2. The van der Waals surface area contributed by atoms with Crippen LogP contribution in [0.15, 0.2) is 12.7 Å². The van der Waals surface area contributed by atoms with Gasteiger partial charge in [-0.3, -0.25) is 5.43 Å². The number of aromatic nitrogens is 6. The molecule has 9 nitrogen and oxygen atoms in total. The summed E-state index contributed by atoms with van der Waals surface area (Å²) in [5.74, 6) is 8.10. The normalized spacial score (nSPS) is 18.5. The van der Waals surface area contributed by atoms with E-state index in [1.165, 1.54) is 11.0 Å². The quantitative estimate of drug-likeness (QED) is 0.607. The van der Waals surface area contributed by atoms with E-state index in [9.17, 15) is 0 Å². The molecule has 1 aliphatic heterocycles. The molecule has 0 aliphatic carbocycles. The number of nitrogens with two attached hydrogens (primary N) is 1. The third-order valence-electron chi connectivity index (χ3n) is 3.81. The van der Waals surface area contributed by atoms with Crippen molar-refractivity contribution in [1.29, 1.82) is 0 Å². The van der Waals surface area contributed by atoms with Gasteiger partial charge in [0.1, 0.15) is 12.7 Å². The zero-order valence-electron chi connectivity index (χ0n) is 12.1. The third-order valence-corrected chi connectivity index (χ3v) is 3.81. The summed E-state index contributed by atoms with van der Waals surface area (Å²) >= 11 is 0. The summed E-state index contributed by atoms with van der Waals surface area (Å²) in [5.41, 5.74) is 2.48. The van der Waals surface area contributed by atoms with Gasteiger partial charge in [-0.15, -0.1) is 0 Å². The number of nitrogen functional groups attached to an aromatic ring is 1. The Hall–Kier alpha value is -2.29. The zero-order chi connectivity index (χ0) is 14.8. The van der Waals surface area contributed by atoms with Gasteiger partial charge in [0.2, 0.25) is 11.9 Å². The van der Waals surface area contributed by atoms with Crippen LogP contribution >= 0.6 is 0 Å². The average Bonchev–Trinajstić information content (AvgIpc) is 3.18. The number of hydrogen-bond acceptors (Lipinski definition) is 8. The summed E-state index contributed by atoms with van der Waals surface area (Å²) in [6, 6.07) is 0. The molecule has 0 saturated carbocycles. The van der Waals surface area contributed by atoms with E-state index >= 15 is 0 Å². The van der Waals surface area contributed by atoms with Crippen molar-refractivity contribution >= 4 is 11.9 Å². The molecule has 2 aromatic heterocycles. The van der Waals surface area contributed by atoms with Gasteiger partial charge < -0.3 is 4.90 Å². The first kappa shape index (κ1) is 13.7. The Balaban J connectivity index is 1.90. The summed E-state index contributed by atoms with van der Waals surface area (Å²) < 4.78 is 1.49. The van der Waals surface area contributed by atoms with E-state index in [0.29, 0.717) is 29.7 Å². The molecule has 3 N–H and O–H groups in total. The molecule has 1 aliphatic rings. The van der Waals surface area contributed by atoms with Crippen LogP contribution in [0.4, 0.5) is 11.9 Å². The lowest BCUT2D eigenvalue weighted by molar-refractivity contribution is 0.422. The largest absolute Gasteiger partial charge is 0.340 e. The molecule has 0 spiro atoms. The van der Waals surface area contributed by atoms with Crippen molar-refractivity contribution < 1.29 is 0 Å². The average molecular weight is 289 g/mol. The maximum Gasteiger partial charge on any atom is 0.258 e. The minimum Gasteiger partial charge on any atom is -0.340 e. The van der Waals surface area contributed by atoms with E-state index < -0.39 is 0 Å². The highest BCUT2D eigenvalue weighted by atomic mass is 15.4. The summed E-state index contributed by atoms with van der Waals surface area (Å²) in [6.07, 6.45) is 4.12. The molecule has 3 heterocycles. The first-order valence-electron chi connectivity index (χ1n) is 7.00. The van der Waals surface area contributed by atoms with E-state index in [4.69, 9.17) is 5.84 Å². The van der Waals surface area contributed by atoms with Crippen LogP contribution in [0.25, 0.3) is 5.95 Å². The van der Waals surface area contributed by atoms with Crippen LogP contribution in [-0.4, -0.2) is 42.8 Å². The molecule has 1 saturated heterocycles. The molecule has 3 rings (SSSR count). The van der Waals surface area contributed by atoms with Crippen LogP contribution in [0, 0.1) is 11.8 Å². The Labute approximate surface area is 122 Å². The predicted octanol–water partition coefficient (Wildman–Crippen LogP) is 0.220. The van der Waals surface area contributed by atoms with Gasteiger partial charge in [-0.25, -0.2) is 10.8 Å². The van der Waals surface area contributed by atoms with E-state index in [1.807, 2.05) is 0 Å². The first-order valence-corrected chi connectivity index (χ1v) is 7.00. The minimum absolute atomic E-state index is 0.318. The smallest absolute Gasteiger partial charge is 0.258 e. The first-order chi connectivity index (χ1) is 10.2. The maximum absolute atomic E-state index is 5.45. The topological polar surface area (TPSA) is 111 Å². The SMILES string of the molecule is CC(C)C1CCN(c2nc(NN)nc(-n3cncn3)n2)C1. The molecule has 2 aromatic rings. The van der Waals surface area contributed by atoms with Crippen molar-refractivity contribution in [2.45, 2.75) is 20.3 Å². The molecule has 0 amide bonds. The summed E-state index contributed by atoms with van der Waals surface area (Å²) in [6.45, 7) is 6.38. The second kappa shape index (κ2) is 5.60. The van der Waals surface area contributed by atoms with Crippen LogP contribution in [0.1, 0.15) is 20.3 Å². The molecular weight excluding hydrogens is 270 g/mol. The van der Waals surface area contributed by atoms with Gasteiger partial charge in [-0.1, -0.05) is 13.8 Å². The fraction of sp³-hybridized carbons (Fsp3) is 0.583. The van der Waals surface area contributed by atoms with Crippen LogP contribution in [0.5, 0.6) is 0 Å². The molecule has 1 unspecified atom stereocenters. The highest BCUT2D eigenvalue weighted by molar-refractivity contribution is 5.40. The van der Waals surface area contributed by atoms with Crippen molar-refractivity contribution in [3.05, 3.63) is 12.7 Å². The summed E-state index contributed by atoms with van der Waals surface area (Å²) in [5, 5.41) is 4.04. The number of hydrogen-bond donors (Lipinski definition) is 2. The minimum atomic E-state index is 0.318. The molecule has 0 bridgehead atoms. The van der Waals surface area contributed by atoms with Crippen molar-refractivity contribution in [2.75, 3.05) is 23.4 Å². The third kappa shape index (κ3) is 2.77. The summed E-state index contributed by atoms with van der Waals surface area (Å²) in [4.78, 5) is 19.1. The number of rotatable bonds is 4. The Morgan fingerprint density at radius 1 is 1.29 bits per heavy atom. The Morgan fingerprint density at radius 3 is 2.71 bits per heavy atom. The standard InChI is InChI=1S/C12H19N9/c1-8(2)9-3-4-20(5-9)11-16-10(19-13)17-12(18-11)21-7-14-6-15-21/h6-9H,3-5,13H2,1-2H3,(H,16,17,18,19). The van der Waals surface area contributed by atoms with Crippen molar-refractivity contribution in [3.8, 4) is 5.95 Å². The number of nitrogens with zero attached hydrogens (tertiary/aromatic N) is 7. The maximum atomic E-state index is 5.45. The molecular formula is C12H19N9. The van der Waals surface area contributed by atoms with Gasteiger partial charge >= 0.3 is 0 Å². The van der Waals surface area contributed by atoms with E-state index in [0.717, 1.165) is 19.5 Å². The fourth-order valence-corrected chi connectivity index (χ4v) is 2.49. The van der Waals surface area contributed by atoms with Crippen molar-refractivity contribution in [1.82, 2.24) is 29.7 Å². The second-order valence-electron chi connectivity index (χ2n) is 5.48. The van der Waals surface area contributed by atoms with Gasteiger partial charge in [0.05, 0.1) is 0 Å². The molecule has 1 fully saturated rings. The van der Waals surface area contributed by atoms with Gasteiger partial charge in [-0.05, 0) is 18.3 Å². The Morgan fingerprint density at radius 2 is 2.10 bits per heavy atom. The molecule has 9 heteroatoms. The molecule has 112 valence electrons. The predicted molar refractivity (Wildman–Crippen MR) is 77.7 cm³/mol. The second-order valence-corrected chi connectivity index (χ2v) is 5.48. The van der Waals surface area contributed by atoms with Gasteiger partial charge in [0.25, 0.3) is 5.95 Å². The van der Waals surface area contributed by atoms with Crippen LogP contribution < -0.4 is 16.2 Å². The highest BCUT2D eigenvalue weighted by Crippen LogP contribution is 2.26. The summed E-state index contributed by atoms with van der Waals surface area (Å²) in [7, 11) is 0. The monoisotopic (exact) mass is 289 g/mol. The van der Waals surface area contributed by atoms with Gasteiger partial charge in [0, 0.05) is 13.1 Å². The molecule has 0 aromatic carbocycles. The Bertz CT molecular complexity index is 595. The lowest BCUT2D eigenvalue weighted by Crippen LogP contribution is -2.25. The zero-order valence-corrected chi connectivity index (χ0v) is 12.1. The van der Waals surface area contributed by atoms with Crippen LogP contribution in [0.2, 0.25) is 0 Å². The van der Waals surface area contributed by atoms with Crippen molar-refractivity contribution in [2.24, 2.45) is 17.7 Å². The number of nitrogens with one attached hydrogen (secondary N) is 1. The van der Waals surface area contributed by atoms with E-state index in [1.54, 1.807) is 6.33 Å². The van der Waals surface area contributed by atoms with E-state index in [2.05, 4.69) is 49.2 Å². The molecule has 0 radical (unpaired) electrons. The lowest BCUT2D eigenvalue weighted by Gasteiger charge is -2.18. The van der Waals surface area contributed by atoms with E-state index in [-0.39, 0.29) is 0 Å². The lowest BCUT2D eigenvalue weighted by atomic mass is 9.95. The highest BCUT2D eigenvalue weighted by Gasteiger charge is 2.27.